The van der Waals surface area contributed by atoms with Gasteiger partial charge in [0.2, 0.25) is 0 Å². The maximum Gasteiger partial charge on any atom is 0.303 e. The predicted octanol–water partition coefficient (Wildman–Crippen LogP) is -0.135. The molecular weight excluding hydrogens is 498 g/mol. The zero-order valence-corrected chi connectivity index (χ0v) is 20.9. The molecule has 0 aliphatic carbocycles. The molecule has 0 aromatic carbocycles. The molecule has 0 saturated carbocycles. The summed E-state index contributed by atoms with van der Waals surface area (Å²) in [6.07, 6.45) is -6.93. The smallest absolute Gasteiger partial charge is 0.303 e. The standard InChI is InChI=1S/C23H29NO13/c1-11(25)30-9-18-17(7-6-16(8-24)35-18)36-23-22(34-15(5)29)21(33-14(4)28)20(32-13(3)27)19(37-23)10-31-12(2)26/h6-7,16-23H,9-10H2,1-5H3/t16-,17-,18+,19+,20-,21-,22+,23+/m0/s1. The molecule has 204 valence electrons. The Balaban J connectivity index is 2.44. The quantitative estimate of drug-likeness (QED) is 0.219. The van der Waals surface area contributed by atoms with E-state index in [1.807, 2.05) is 6.07 Å². The van der Waals surface area contributed by atoms with E-state index in [-0.39, 0.29) is 6.61 Å². The van der Waals surface area contributed by atoms with E-state index in [2.05, 4.69) is 0 Å². The molecule has 2 rings (SSSR count). The van der Waals surface area contributed by atoms with Gasteiger partial charge < -0.3 is 37.9 Å². The van der Waals surface area contributed by atoms with Crippen LogP contribution in [0.15, 0.2) is 12.2 Å². The second kappa shape index (κ2) is 13.7. The van der Waals surface area contributed by atoms with Crippen LogP contribution in [0.5, 0.6) is 0 Å². The maximum atomic E-state index is 11.9. The van der Waals surface area contributed by atoms with Gasteiger partial charge in [-0.3, -0.25) is 24.0 Å². The number of nitrogens with zero attached hydrogens (tertiary/aromatic N) is 1. The van der Waals surface area contributed by atoms with Gasteiger partial charge in [0.05, 0.1) is 6.07 Å². The Morgan fingerprint density at radius 2 is 1.22 bits per heavy atom. The molecule has 0 bridgehead atoms. The average Bonchev–Trinajstić information content (AvgIpc) is 2.79. The fourth-order valence-electron chi connectivity index (χ4n) is 3.64. The van der Waals surface area contributed by atoms with Crippen LogP contribution >= 0.6 is 0 Å². The van der Waals surface area contributed by atoms with Gasteiger partial charge >= 0.3 is 29.8 Å². The highest BCUT2D eigenvalue weighted by atomic mass is 16.7. The van der Waals surface area contributed by atoms with Gasteiger partial charge in [0.1, 0.15) is 31.5 Å². The highest BCUT2D eigenvalue weighted by Crippen LogP contribution is 2.32. The molecule has 2 aliphatic rings. The second-order valence-electron chi connectivity index (χ2n) is 8.08. The van der Waals surface area contributed by atoms with Crippen LogP contribution in [0.1, 0.15) is 34.6 Å². The third kappa shape index (κ3) is 9.12. The van der Waals surface area contributed by atoms with Crippen molar-refractivity contribution in [3.8, 4) is 6.07 Å². The topological polar surface area (TPSA) is 183 Å². The van der Waals surface area contributed by atoms with E-state index >= 15 is 0 Å². The van der Waals surface area contributed by atoms with Crippen molar-refractivity contribution < 1.29 is 61.9 Å². The third-order valence-corrected chi connectivity index (χ3v) is 4.98. The number of carbonyl (C=O) groups is 5. The fraction of sp³-hybridized carbons (Fsp3) is 0.652. The first-order valence-electron chi connectivity index (χ1n) is 11.2. The molecule has 0 amide bonds. The number of carbonyl (C=O) groups excluding carboxylic acids is 5. The van der Waals surface area contributed by atoms with Gasteiger partial charge in [-0.1, -0.05) is 6.08 Å². The van der Waals surface area contributed by atoms with E-state index in [0.29, 0.717) is 0 Å². The monoisotopic (exact) mass is 527 g/mol. The SMILES string of the molecule is CC(=O)OC[C@H]1O[C@@H](O[C@H]2C=C[C@@H](C#N)O[C@@H]2COC(C)=O)[C@H](OC(C)=O)[C@@H](OC(C)=O)[C@H]1OC(C)=O. The molecule has 0 radical (unpaired) electrons. The fourth-order valence-corrected chi connectivity index (χ4v) is 3.64. The zero-order chi connectivity index (χ0) is 27.7. The Morgan fingerprint density at radius 1 is 0.703 bits per heavy atom. The summed E-state index contributed by atoms with van der Waals surface area (Å²) in [6.45, 7) is 4.92. The molecule has 14 nitrogen and oxygen atoms in total. The molecule has 2 heterocycles. The lowest BCUT2D eigenvalue weighted by molar-refractivity contribution is -0.320. The van der Waals surface area contributed by atoms with E-state index in [4.69, 9.17) is 37.9 Å². The highest BCUT2D eigenvalue weighted by Gasteiger charge is 2.53. The van der Waals surface area contributed by atoms with Gasteiger partial charge in [-0.25, -0.2) is 0 Å². The normalized spacial score (nSPS) is 30.8. The summed E-state index contributed by atoms with van der Waals surface area (Å²) in [5, 5.41) is 9.21. The average molecular weight is 527 g/mol. The molecular formula is C23H29NO13. The van der Waals surface area contributed by atoms with Crippen LogP contribution in [-0.2, 0) is 61.9 Å². The van der Waals surface area contributed by atoms with Crippen LogP contribution in [0.25, 0.3) is 0 Å². The number of ether oxygens (including phenoxy) is 8. The predicted molar refractivity (Wildman–Crippen MR) is 117 cm³/mol. The lowest BCUT2D eigenvalue weighted by Gasteiger charge is -2.45. The van der Waals surface area contributed by atoms with Crippen molar-refractivity contribution in [1.82, 2.24) is 0 Å². The van der Waals surface area contributed by atoms with Crippen molar-refractivity contribution in [3.05, 3.63) is 12.2 Å². The molecule has 0 aromatic rings. The lowest BCUT2D eigenvalue weighted by atomic mass is 9.97. The van der Waals surface area contributed by atoms with Gasteiger partial charge in [-0.2, -0.15) is 5.26 Å². The number of hydrogen-bond acceptors (Lipinski definition) is 14. The molecule has 14 heteroatoms. The maximum absolute atomic E-state index is 11.9. The third-order valence-electron chi connectivity index (χ3n) is 4.98. The number of esters is 5. The minimum Gasteiger partial charge on any atom is -0.463 e. The van der Waals surface area contributed by atoms with E-state index in [1.54, 1.807) is 0 Å². The van der Waals surface area contributed by atoms with Crippen LogP contribution in [0, 0.1) is 11.3 Å². The first kappa shape index (κ1) is 29.7. The van der Waals surface area contributed by atoms with Crippen molar-refractivity contribution in [1.29, 1.82) is 5.26 Å². The van der Waals surface area contributed by atoms with E-state index in [0.717, 1.165) is 27.7 Å². The van der Waals surface area contributed by atoms with E-state index in [9.17, 15) is 29.2 Å². The number of rotatable bonds is 9. The molecule has 1 fully saturated rings. The van der Waals surface area contributed by atoms with Gasteiger partial charge in [-0.15, -0.1) is 0 Å². The molecule has 0 unspecified atom stereocenters. The number of hydrogen-bond donors (Lipinski definition) is 0. The van der Waals surface area contributed by atoms with Gasteiger partial charge in [0.25, 0.3) is 0 Å². The van der Waals surface area contributed by atoms with Crippen LogP contribution in [0.2, 0.25) is 0 Å². The summed E-state index contributed by atoms with van der Waals surface area (Å²) in [5.74, 6) is -3.63. The first-order chi connectivity index (χ1) is 17.4. The van der Waals surface area contributed by atoms with Crippen molar-refractivity contribution in [3.63, 3.8) is 0 Å². The van der Waals surface area contributed by atoms with Crippen molar-refractivity contribution in [2.24, 2.45) is 0 Å². The summed E-state index contributed by atoms with van der Waals surface area (Å²) in [6, 6.07) is 1.91. The summed E-state index contributed by atoms with van der Waals surface area (Å²) in [4.78, 5) is 58.5. The largest absolute Gasteiger partial charge is 0.463 e. The van der Waals surface area contributed by atoms with Crippen LogP contribution < -0.4 is 0 Å². The van der Waals surface area contributed by atoms with Crippen molar-refractivity contribution >= 4 is 29.8 Å². The van der Waals surface area contributed by atoms with Crippen molar-refractivity contribution in [2.45, 2.75) is 83.6 Å². The number of nitriles is 1. The van der Waals surface area contributed by atoms with Gasteiger partial charge in [0.15, 0.2) is 30.7 Å². The summed E-state index contributed by atoms with van der Waals surface area (Å²) in [7, 11) is 0. The highest BCUT2D eigenvalue weighted by molar-refractivity contribution is 5.68. The molecule has 37 heavy (non-hydrogen) atoms. The Hall–Kier alpha value is -3.54. The summed E-state index contributed by atoms with van der Waals surface area (Å²) in [5.41, 5.74) is 0. The Labute approximate surface area is 212 Å². The van der Waals surface area contributed by atoms with Crippen molar-refractivity contribution in [2.75, 3.05) is 13.2 Å². The molecule has 8 atom stereocenters. The van der Waals surface area contributed by atoms with Crippen LogP contribution in [-0.4, -0.2) is 92.1 Å². The van der Waals surface area contributed by atoms with Crippen LogP contribution in [0.4, 0.5) is 0 Å². The lowest BCUT2D eigenvalue weighted by Crippen LogP contribution is -2.63. The van der Waals surface area contributed by atoms with Crippen LogP contribution in [0.3, 0.4) is 0 Å². The summed E-state index contributed by atoms with van der Waals surface area (Å²) >= 11 is 0. The molecule has 0 spiro atoms. The van der Waals surface area contributed by atoms with E-state index in [1.165, 1.54) is 19.1 Å². The molecule has 0 aromatic heterocycles. The zero-order valence-electron chi connectivity index (χ0n) is 20.9. The minimum absolute atomic E-state index is 0.284. The molecule has 2 aliphatic heterocycles. The minimum atomic E-state index is -1.47. The molecule has 0 N–H and O–H groups in total. The first-order valence-corrected chi connectivity index (χ1v) is 11.2. The Kier molecular flexibility index (Phi) is 11.0. The Morgan fingerprint density at radius 3 is 1.73 bits per heavy atom. The van der Waals surface area contributed by atoms with E-state index < -0.39 is 85.5 Å². The second-order valence-corrected chi connectivity index (χ2v) is 8.08. The van der Waals surface area contributed by atoms with Gasteiger partial charge in [-0.05, 0) is 6.08 Å². The molecule has 1 saturated heterocycles. The summed E-state index contributed by atoms with van der Waals surface area (Å²) < 4.78 is 43.5. The van der Waals surface area contributed by atoms with Gasteiger partial charge in [0, 0.05) is 34.6 Å². The Bertz CT molecular complexity index is 941.